The molecule has 0 bridgehead atoms. The van der Waals surface area contributed by atoms with Gasteiger partial charge in [-0.3, -0.25) is 0 Å². The van der Waals surface area contributed by atoms with Crippen molar-refractivity contribution in [3.05, 3.63) is 35.5 Å². The molecule has 16 heavy (non-hydrogen) atoms. The molecule has 2 rings (SSSR count). The molecular weight excluding hydrogens is 204 g/mol. The van der Waals surface area contributed by atoms with E-state index in [0.29, 0.717) is 11.3 Å². The average molecular weight is 216 g/mol. The van der Waals surface area contributed by atoms with E-state index in [9.17, 15) is 9.90 Å². The zero-order chi connectivity index (χ0) is 11.5. The van der Waals surface area contributed by atoms with Crippen LogP contribution in [-0.4, -0.2) is 35.7 Å². The number of aromatic hydroxyl groups is 1. The van der Waals surface area contributed by atoms with Crippen molar-refractivity contribution in [2.75, 3.05) is 7.05 Å². The third-order valence-corrected chi connectivity index (χ3v) is 2.50. The second-order valence-electron chi connectivity index (χ2n) is 3.62. The molecule has 1 aromatic rings. The minimum atomic E-state index is -0.361. The fraction of sp³-hybridized carbons (Fsp3) is 0.167. The summed E-state index contributed by atoms with van der Waals surface area (Å²) in [5.74, 6) is 0.185. The van der Waals surface area contributed by atoms with E-state index in [1.54, 1.807) is 42.6 Å². The number of hydrogen-bond donors (Lipinski definition) is 1. The van der Waals surface area contributed by atoms with Gasteiger partial charge in [0.2, 0.25) is 0 Å². The van der Waals surface area contributed by atoms with E-state index >= 15 is 0 Å². The summed E-state index contributed by atoms with van der Waals surface area (Å²) in [6, 6.07) is 6.59. The highest BCUT2D eigenvalue weighted by Gasteiger charge is 2.21. The van der Waals surface area contributed by atoms with Crippen LogP contribution in [0.1, 0.15) is 5.56 Å². The van der Waals surface area contributed by atoms with Crippen molar-refractivity contribution in [3.8, 4) is 5.75 Å². The van der Waals surface area contributed by atoms with Crippen LogP contribution in [0.3, 0.4) is 0 Å². The molecule has 1 aliphatic heterocycles. The van der Waals surface area contributed by atoms with Crippen LogP contribution in [0, 0.1) is 0 Å². The fourth-order valence-electron chi connectivity index (χ4n) is 1.57. The number of nitrogens with zero attached hydrogens (tertiary/aromatic N) is 2. The Kier molecular flexibility index (Phi) is 2.72. The molecule has 0 fully saturated rings. The van der Waals surface area contributed by atoms with Crippen LogP contribution in [-0.2, 0) is 4.79 Å². The number of benzene rings is 1. The number of phenolic OH excluding ortho intramolecular Hbond substituents is 1. The van der Waals surface area contributed by atoms with Gasteiger partial charge in [-0.05, 0) is 12.1 Å². The Labute approximate surface area is 93.5 Å². The predicted molar refractivity (Wildman–Crippen MR) is 62.2 cm³/mol. The lowest BCUT2D eigenvalue weighted by Crippen LogP contribution is -2.27. The smallest absolute Gasteiger partial charge is 0.148 e. The molecule has 0 aliphatic carbocycles. The van der Waals surface area contributed by atoms with Gasteiger partial charge in [0.25, 0.3) is 0 Å². The van der Waals surface area contributed by atoms with Gasteiger partial charge in [0.05, 0.1) is 12.0 Å². The van der Waals surface area contributed by atoms with Crippen molar-refractivity contribution < 1.29 is 9.90 Å². The Balaban J connectivity index is 2.35. The number of aliphatic imine (C=N–C) groups is 1. The lowest BCUT2D eigenvalue weighted by atomic mass is 10.1. The maximum atomic E-state index is 10.9. The first-order chi connectivity index (χ1) is 7.72. The van der Waals surface area contributed by atoms with Gasteiger partial charge in [0.1, 0.15) is 18.1 Å². The van der Waals surface area contributed by atoms with Crippen molar-refractivity contribution in [1.82, 2.24) is 4.90 Å². The molecule has 1 heterocycles. The van der Waals surface area contributed by atoms with Crippen LogP contribution < -0.4 is 0 Å². The first kappa shape index (κ1) is 10.4. The SMILES string of the molecule is CN1C=N/C(=C\c2ccccc2O)C1C=O. The minimum absolute atomic E-state index is 0.185. The average Bonchev–Trinajstić information content (AvgIpc) is 2.63. The van der Waals surface area contributed by atoms with Gasteiger partial charge >= 0.3 is 0 Å². The standard InChI is InChI=1S/C12H12N2O2/c1-14-8-13-10(11(14)7-15)6-9-4-2-3-5-12(9)16/h2-8,11,16H,1H3/b10-6-. The molecule has 82 valence electrons. The molecule has 0 amide bonds. The third-order valence-electron chi connectivity index (χ3n) is 2.50. The molecule has 4 heteroatoms. The largest absolute Gasteiger partial charge is 0.507 e. The van der Waals surface area contributed by atoms with E-state index in [-0.39, 0.29) is 11.8 Å². The van der Waals surface area contributed by atoms with Crippen molar-refractivity contribution in [1.29, 1.82) is 0 Å². The number of carbonyl (C=O) groups excluding carboxylic acids is 1. The third kappa shape index (κ3) is 1.82. The Morgan fingerprint density at radius 1 is 1.44 bits per heavy atom. The maximum Gasteiger partial charge on any atom is 0.148 e. The topological polar surface area (TPSA) is 52.9 Å². The number of hydrogen-bond acceptors (Lipinski definition) is 4. The molecule has 1 aromatic carbocycles. The van der Waals surface area contributed by atoms with Gasteiger partial charge in [0, 0.05) is 12.6 Å². The number of phenols is 1. The normalized spacial score (nSPS) is 21.7. The van der Waals surface area contributed by atoms with Gasteiger partial charge in [-0.15, -0.1) is 0 Å². The van der Waals surface area contributed by atoms with Crippen LogP contribution >= 0.6 is 0 Å². The lowest BCUT2D eigenvalue weighted by Gasteiger charge is -2.13. The summed E-state index contributed by atoms with van der Waals surface area (Å²) in [5.41, 5.74) is 1.30. The minimum Gasteiger partial charge on any atom is -0.507 e. The summed E-state index contributed by atoms with van der Waals surface area (Å²) >= 11 is 0. The monoisotopic (exact) mass is 216 g/mol. The molecule has 1 N–H and O–H groups in total. The number of para-hydroxylation sites is 1. The van der Waals surface area contributed by atoms with Gasteiger partial charge in [0.15, 0.2) is 0 Å². The Bertz CT molecular complexity index is 466. The molecule has 1 aliphatic rings. The first-order valence-corrected chi connectivity index (χ1v) is 4.93. The Hall–Kier alpha value is -2.10. The predicted octanol–water partition coefficient (Wildman–Crippen LogP) is 1.27. The quantitative estimate of drug-likeness (QED) is 0.757. The van der Waals surface area contributed by atoms with Crippen molar-refractivity contribution in [2.45, 2.75) is 6.04 Å². The molecule has 1 unspecified atom stereocenters. The number of aldehydes is 1. The van der Waals surface area contributed by atoms with Crippen molar-refractivity contribution in [3.63, 3.8) is 0 Å². The Morgan fingerprint density at radius 2 is 2.19 bits per heavy atom. The zero-order valence-corrected chi connectivity index (χ0v) is 8.87. The van der Waals surface area contributed by atoms with E-state index in [2.05, 4.69) is 4.99 Å². The van der Waals surface area contributed by atoms with E-state index in [0.717, 1.165) is 6.29 Å². The number of carbonyl (C=O) groups is 1. The number of rotatable bonds is 2. The molecule has 0 aromatic heterocycles. The highest BCUT2D eigenvalue weighted by atomic mass is 16.3. The van der Waals surface area contributed by atoms with Crippen molar-refractivity contribution >= 4 is 18.7 Å². The van der Waals surface area contributed by atoms with Crippen LogP contribution in [0.25, 0.3) is 6.08 Å². The van der Waals surface area contributed by atoms with E-state index in [1.165, 1.54) is 0 Å². The second kappa shape index (κ2) is 4.18. The highest BCUT2D eigenvalue weighted by molar-refractivity contribution is 5.79. The molecule has 0 saturated carbocycles. The van der Waals surface area contributed by atoms with Gasteiger partial charge in [-0.1, -0.05) is 18.2 Å². The van der Waals surface area contributed by atoms with Gasteiger partial charge < -0.3 is 14.8 Å². The van der Waals surface area contributed by atoms with E-state index < -0.39 is 0 Å². The summed E-state index contributed by atoms with van der Waals surface area (Å²) in [4.78, 5) is 16.7. The number of likely N-dealkylation sites (N-methyl/N-ethyl adjacent to an activating group) is 1. The summed E-state index contributed by atoms with van der Waals surface area (Å²) in [6.07, 6.45) is 4.15. The molecule has 0 saturated heterocycles. The maximum absolute atomic E-state index is 10.9. The van der Waals surface area contributed by atoms with Crippen LogP contribution in [0.2, 0.25) is 0 Å². The summed E-state index contributed by atoms with van der Waals surface area (Å²) in [6.45, 7) is 0. The lowest BCUT2D eigenvalue weighted by molar-refractivity contribution is -0.109. The van der Waals surface area contributed by atoms with Crippen LogP contribution in [0.4, 0.5) is 0 Å². The summed E-state index contributed by atoms with van der Waals surface area (Å²) in [7, 11) is 1.79. The van der Waals surface area contributed by atoms with E-state index in [4.69, 9.17) is 0 Å². The second-order valence-corrected chi connectivity index (χ2v) is 3.62. The summed E-state index contributed by atoms with van der Waals surface area (Å²) in [5, 5.41) is 9.60. The molecule has 0 spiro atoms. The molecule has 4 nitrogen and oxygen atoms in total. The van der Waals surface area contributed by atoms with Gasteiger partial charge in [-0.2, -0.15) is 0 Å². The van der Waals surface area contributed by atoms with Crippen LogP contribution in [0.5, 0.6) is 5.75 Å². The molecule has 1 atom stereocenters. The molecule has 0 radical (unpaired) electrons. The summed E-state index contributed by atoms with van der Waals surface area (Å²) < 4.78 is 0. The highest BCUT2D eigenvalue weighted by Crippen LogP contribution is 2.23. The first-order valence-electron chi connectivity index (χ1n) is 4.93. The molecular formula is C12H12N2O2. The van der Waals surface area contributed by atoms with Crippen molar-refractivity contribution in [2.24, 2.45) is 4.99 Å². The van der Waals surface area contributed by atoms with Gasteiger partial charge in [-0.25, -0.2) is 4.99 Å². The Morgan fingerprint density at radius 3 is 2.88 bits per heavy atom. The van der Waals surface area contributed by atoms with E-state index in [1.807, 2.05) is 6.07 Å². The fourth-order valence-corrected chi connectivity index (χ4v) is 1.57. The van der Waals surface area contributed by atoms with Crippen LogP contribution in [0.15, 0.2) is 35.0 Å². The zero-order valence-electron chi connectivity index (χ0n) is 8.87.